The van der Waals surface area contributed by atoms with Gasteiger partial charge in [0.25, 0.3) is 0 Å². The average molecular weight is 391 g/mol. The van der Waals surface area contributed by atoms with E-state index in [1.54, 1.807) is 23.3 Å². The molecule has 0 aromatic carbocycles. The fraction of sp³-hybridized carbons (Fsp3) is 0.105. The van der Waals surface area contributed by atoms with Crippen molar-refractivity contribution < 1.29 is 4.79 Å². The Morgan fingerprint density at radius 3 is 2.75 bits per heavy atom. The van der Waals surface area contributed by atoms with Gasteiger partial charge >= 0.3 is 6.03 Å². The third-order valence-electron chi connectivity index (χ3n) is 3.93. The zero-order chi connectivity index (χ0) is 19.3. The number of pyridine rings is 2. The van der Waals surface area contributed by atoms with Crippen molar-refractivity contribution in [1.82, 2.24) is 30.0 Å². The van der Waals surface area contributed by atoms with E-state index in [4.69, 9.17) is 0 Å². The van der Waals surface area contributed by atoms with Crippen LogP contribution in [-0.4, -0.2) is 30.8 Å². The summed E-state index contributed by atoms with van der Waals surface area (Å²) in [6.45, 7) is 0.366. The molecule has 2 amide bonds. The molecule has 0 spiro atoms. The predicted octanol–water partition coefficient (Wildman–Crippen LogP) is 3.32. The van der Waals surface area contributed by atoms with Crippen molar-refractivity contribution in [2.45, 2.75) is 6.54 Å². The molecule has 0 aliphatic carbocycles. The van der Waals surface area contributed by atoms with E-state index in [-0.39, 0.29) is 6.03 Å². The standard InChI is InChI=1S/C19H17N7OS/c1-26-11-14(10-23-26)15-6-5-13(8-21-15)9-22-18(27)25-19-24-17(12-28-19)16-4-2-3-7-20-16/h2-8,10-12H,9H2,1H3,(H2,22,24,25,27). The molecule has 9 heteroatoms. The highest BCUT2D eigenvalue weighted by atomic mass is 32.1. The number of nitrogens with zero attached hydrogens (tertiary/aromatic N) is 5. The van der Waals surface area contributed by atoms with Crippen LogP contribution >= 0.6 is 11.3 Å². The quantitative estimate of drug-likeness (QED) is 0.544. The Bertz CT molecular complexity index is 1070. The summed E-state index contributed by atoms with van der Waals surface area (Å²) in [5, 5.41) is 12.1. The second-order valence-corrected chi connectivity index (χ2v) is 6.87. The number of anilines is 1. The van der Waals surface area contributed by atoms with Crippen LogP contribution < -0.4 is 10.6 Å². The van der Waals surface area contributed by atoms with Crippen molar-refractivity contribution in [2.75, 3.05) is 5.32 Å². The molecule has 28 heavy (non-hydrogen) atoms. The topological polar surface area (TPSA) is 97.6 Å². The van der Waals surface area contributed by atoms with E-state index in [0.29, 0.717) is 11.7 Å². The van der Waals surface area contributed by atoms with Gasteiger partial charge in [-0.25, -0.2) is 9.78 Å². The third-order valence-corrected chi connectivity index (χ3v) is 4.69. The highest BCUT2D eigenvalue weighted by molar-refractivity contribution is 7.14. The van der Waals surface area contributed by atoms with Crippen LogP contribution in [0.25, 0.3) is 22.6 Å². The monoisotopic (exact) mass is 391 g/mol. The van der Waals surface area contributed by atoms with Crippen LogP contribution in [0.3, 0.4) is 0 Å². The lowest BCUT2D eigenvalue weighted by molar-refractivity contribution is 0.251. The van der Waals surface area contributed by atoms with Crippen LogP contribution in [0, 0.1) is 0 Å². The zero-order valence-corrected chi connectivity index (χ0v) is 15.8. The minimum absolute atomic E-state index is 0.321. The molecule has 140 valence electrons. The van der Waals surface area contributed by atoms with Crippen molar-refractivity contribution >= 4 is 22.5 Å². The molecule has 4 aromatic heterocycles. The molecule has 2 N–H and O–H groups in total. The van der Waals surface area contributed by atoms with Gasteiger partial charge in [0.1, 0.15) is 5.69 Å². The fourth-order valence-electron chi connectivity index (χ4n) is 2.54. The highest BCUT2D eigenvalue weighted by Gasteiger charge is 2.09. The van der Waals surface area contributed by atoms with Gasteiger partial charge in [0.2, 0.25) is 0 Å². The summed E-state index contributed by atoms with van der Waals surface area (Å²) >= 11 is 1.35. The third kappa shape index (κ3) is 4.21. The maximum absolute atomic E-state index is 12.1. The van der Waals surface area contributed by atoms with Crippen molar-refractivity contribution in [3.8, 4) is 22.6 Å². The summed E-state index contributed by atoms with van der Waals surface area (Å²) in [6.07, 6.45) is 7.12. The molecular weight excluding hydrogens is 374 g/mol. The van der Waals surface area contributed by atoms with Crippen molar-refractivity contribution in [2.24, 2.45) is 7.05 Å². The number of thiazole rings is 1. The Labute approximate surface area is 165 Å². The number of nitrogens with one attached hydrogen (secondary N) is 2. The molecule has 0 fully saturated rings. The summed E-state index contributed by atoms with van der Waals surface area (Å²) in [5.74, 6) is 0. The minimum Gasteiger partial charge on any atom is -0.334 e. The van der Waals surface area contributed by atoms with Crippen molar-refractivity contribution in [1.29, 1.82) is 0 Å². The first-order valence-corrected chi connectivity index (χ1v) is 9.41. The van der Waals surface area contributed by atoms with Gasteiger partial charge in [-0.3, -0.25) is 20.0 Å². The minimum atomic E-state index is -0.321. The number of amides is 2. The van der Waals surface area contributed by atoms with Crippen LogP contribution in [0.15, 0.2) is 60.5 Å². The van der Waals surface area contributed by atoms with E-state index in [1.165, 1.54) is 11.3 Å². The lowest BCUT2D eigenvalue weighted by Crippen LogP contribution is -2.28. The Morgan fingerprint density at radius 2 is 2.04 bits per heavy atom. The van der Waals surface area contributed by atoms with Gasteiger partial charge in [-0.2, -0.15) is 5.10 Å². The maximum atomic E-state index is 12.1. The maximum Gasteiger partial charge on any atom is 0.321 e. The normalized spacial score (nSPS) is 10.6. The van der Waals surface area contributed by atoms with Crippen LogP contribution in [0.1, 0.15) is 5.56 Å². The summed E-state index contributed by atoms with van der Waals surface area (Å²) in [7, 11) is 1.86. The summed E-state index contributed by atoms with van der Waals surface area (Å²) < 4.78 is 1.73. The molecule has 0 aliphatic heterocycles. The number of carbonyl (C=O) groups excluding carboxylic acids is 1. The molecule has 4 rings (SSSR count). The second-order valence-electron chi connectivity index (χ2n) is 6.01. The number of hydrogen-bond donors (Lipinski definition) is 2. The number of aromatic nitrogens is 5. The van der Waals surface area contributed by atoms with E-state index in [9.17, 15) is 4.79 Å². The Kier molecular flexibility index (Phi) is 5.07. The van der Waals surface area contributed by atoms with E-state index in [0.717, 1.165) is 28.2 Å². The van der Waals surface area contributed by atoms with Gasteiger partial charge in [0.05, 0.1) is 17.6 Å². The Balaban J connectivity index is 1.32. The molecular formula is C19H17N7OS. The van der Waals surface area contributed by atoms with E-state index in [2.05, 4.69) is 30.7 Å². The highest BCUT2D eigenvalue weighted by Crippen LogP contribution is 2.23. The van der Waals surface area contributed by atoms with E-state index in [1.807, 2.05) is 49.0 Å². The predicted molar refractivity (Wildman–Crippen MR) is 108 cm³/mol. The zero-order valence-electron chi connectivity index (χ0n) is 15.0. The van der Waals surface area contributed by atoms with Gasteiger partial charge < -0.3 is 5.32 Å². The molecule has 0 saturated carbocycles. The first-order valence-electron chi connectivity index (χ1n) is 8.53. The van der Waals surface area contributed by atoms with Gasteiger partial charge in [-0.05, 0) is 23.8 Å². The summed E-state index contributed by atoms with van der Waals surface area (Å²) in [6, 6.07) is 9.14. The number of urea groups is 1. The number of hydrogen-bond acceptors (Lipinski definition) is 6. The van der Waals surface area contributed by atoms with Crippen molar-refractivity contribution in [3.63, 3.8) is 0 Å². The molecule has 0 unspecified atom stereocenters. The number of rotatable bonds is 5. The van der Waals surface area contributed by atoms with Crippen LogP contribution in [0.2, 0.25) is 0 Å². The van der Waals surface area contributed by atoms with Crippen LogP contribution in [0.4, 0.5) is 9.93 Å². The first-order chi connectivity index (χ1) is 13.7. The lowest BCUT2D eigenvalue weighted by atomic mass is 10.2. The number of aryl methyl sites for hydroxylation is 1. The van der Waals surface area contributed by atoms with Crippen LogP contribution in [0.5, 0.6) is 0 Å². The molecule has 0 aliphatic rings. The van der Waals surface area contributed by atoms with E-state index >= 15 is 0 Å². The number of carbonyl (C=O) groups is 1. The summed E-state index contributed by atoms with van der Waals surface area (Å²) in [5.41, 5.74) is 4.19. The molecule has 0 bridgehead atoms. The Hall–Kier alpha value is -3.59. The molecule has 0 atom stereocenters. The average Bonchev–Trinajstić information content (AvgIpc) is 3.37. The van der Waals surface area contributed by atoms with Crippen molar-refractivity contribution in [3.05, 3.63) is 66.1 Å². The molecule has 0 radical (unpaired) electrons. The van der Waals surface area contributed by atoms with Gasteiger partial charge in [-0.15, -0.1) is 11.3 Å². The summed E-state index contributed by atoms with van der Waals surface area (Å²) in [4.78, 5) is 25.2. The van der Waals surface area contributed by atoms with Gasteiger partial charge in [0, 0.05) is 43.1 Å². The second kappa shape index (κ2) is 7.97. The van der Waals surface area contributed by atoms with Gasteiger partial charge in [-0.1, -0.05) is 12.1 Å². The molecule has 4 heterocycles. The molecule has 4 aromatic rings. The molecule has 0 saturated heterocycles. The smallest absolute Gasteiger partial charge is 0.321 e. The first kappa shape index (κ1) is 17.8. The lowest BCUT2D eigenvalue weighted by Gasteiger charge is -2.06. The fourth-order valence-corrected chi connectivity index (χ4v) is 3.24. The Morgan fingerprint density at radius 1 is 1.11 bits per heavy atom. The molecule has 8 nitrogen and oxygen atoms in total. The van der Waals surface area contributed by atoms with E-state index < -0.39 is 0 Å². The van der Waals surface area contributed by atoms with Gasteiger partial charge in [0.15, 0.2) is 5.13 Å². The van der Waals surface area contributed by atoms with Crippen LogP contribution in [-0.2, 0) is 13.6 Å². The SMILES string of the molecule is Cn1cc(-c2ccc(CNC(=O)Nc3nc(-c4ccccn4)cs3)cn2)cn1. The largest absolute Gasteiger partial charge is 0.334 e.